The molecule has 7 heteroatoms. The van der Waals surface area contributed by atoms with Crippen molar-refractivity contribution in [3.05, 3.63) is 101 Å². The Morgan fingerprint density at radius 1 is 0.906 bits per heavy atom. The summed E-state index contributed by atoms with van der Waals surface area (Å²) < 4.78 is 45.9. The van der Waals surface area contributed by atoms with Gasteiger partial charge in [0.25, 0.3) is 0 Å². The van der Waals surface area contributed by atoms with E-state index in [2.05, 4.69) is 15.9 Å². The summed E-state index contributed by atoms with van der Waals surface area (Å²) in [5.41, 5.74) is 0.635. The molecule has 0 heterocycles. The third kappa shape index (κ3) is 4.62. The molecule has 32 heavy (non-hydrogen) atoms. The summed E-state index contributed by atoms with van der Waals surface area (Å²) in [6.07, 6.45) is -4.03. The first-order valence-corrected chi connectivity index (χ1v) is 10.5. The molecule has 0 aliphatic carbocycles. The number of rotatable bonds is 6. The highest BCUT2D eigenvalue weighted by Gasteiger charge is 2.31. The third-order valence-electron chi connectivity index (χ3n) is 5.01. The fourth-order valence-corrected chi connectivity index (χ4v) is 3.87. The normalized spacial score (nSPS) is 11.4. The van der Waals surface area contributed by atoms with Gasteiger partial charge in [0.2, 0.25) is 6.41 Å². The van der Waals surface area contributed by atoms with Crippen LogP contribution in [0.3, 0.4) is 0 Å². The maximum absolute atomic E-state index is 13.1. The second-order valence-corrected chi connectivity index (χ2v) is 7.92. The number of halogens is 4. The van der Waals surface area contributed by atoms with Crippen molar-refractivity contribution in [2.24, 2.45) is 0 Å². The quantitative estimate of drug-likeness (QED) is 0.257. The number of ether oxygens (including phenoxy) is 1. The van der Waals surface area contributed by atoms with Crippen LogP contribution in [-0.4, -0.2) is 6.41 Å². The van der Waals surface area contributed by atoms with Crippen LogP contribution in [-0.2, 0) is 17.6 Å². The van der Waals surface area contributed by atoms with Crippen molar-refractivity contribution in [2.75, 3.05) is 4.90 Å². The first-order chi connectivity index (χ1) is 15.4. The second kappa shape index (κ2) is 9.04. The third-order valence-corrected chi connectivity index (χ3v) is 5.68. The van der Waals surface area contributed by atoms with Gasteiger partial charge in [-0.25, -0.2) is 0 Å². The molecule has 0 aromatic heterocycles. The Morgan fingerprint density at radius 3 is 2.44 bits per heavy atom. The van der Waals surface area contributed by atoms with Crippen molar-refractivity contribution in [1.29, 1.82) is 0 Å². The summed E-state index contributed by atoms with van der Waals surface area (Å²) in [6, 6.07) is 23.6. The Hall–Kier alpha value is -3.32. The molecule has 0 saturated carbocycles. The average molecular weight is 500 g/mol. The Kier molecular flexibility index (Phi) is 6.19. The van der Waals surface area contributed by atoms with Gasteiger partial charge in [0.15, 0.2) is 0 Å². The lowest BCUT2D eigenvalue weighted by Crippen LogP contribution is -2.16. The van der Waals surface area contributed by atoms with E-state index in [4.69, 9.17) is 4.74 Å². The molecule has 0 N–H and O–H groups in total. The Morgan fingerprint density at radius 2 is 1.66 bits per heavy atom. The maximum atomic E-state index is 13.1. The van der Waals surface area contributed by atoms with Crippen molar-refractivity contribution >= 4 is 44.5 Å². The van der Waals surface area contributed by atoms with E-state index in [0.717, 1.165) is 33.4 Å². The topological polar surface area (TPSA) is 29.5 Å². The zero-order valence-corrected chi connectivity index (χ0v) is 18.2. The molecule has 0 saturated heterocycles. The smallest absolute Gasteiger partial charge is 0.416 e. The predicted octanol–water partition coefficient (Wildman–Crippen LogP) is 7.49. The molecule has 4 aromatic rings. The molecule has 0 atom stereocenters. The zero-order valence-electron chi connectivity index (χ0n) is 16.6. The number of alkyl halides is 3. The number of anilines is 2. The van der Waals surface area contributed by atoms with Crippen LogP contribution in [0.1, 0.15) is 11.1 Å². The van der Waals surface area contributed by atoms with E-state index in [1.165, 1.54) is 12.1 Å². The minimum atomic E-state index is -4.51. The number of hydrogen-bond acceptors (Lipinski definition) is 2. The van der Waals surface area contributed by atoms with Gasteiger partial charge in [-0.05, 0) is 62.6 Å². The van der Waals surface area contributed by atoms with Crippen molar-refractivity contribution < 1.29 is 22.7 Å². The molecule has 4 aromatic carbocycles. The van der Waals surface area contributed by atoms with E-state index >= 15 is 0 Å². The molecular formula is C25H17BrF3NO2. The highest BCUT2D eigenvalue weighted by molar-refractivity contribution is 9.10. The molecular weight excluding hydrogens is 483 g/mol. The zero-order chi connectivity index (χ0) is 22.7. The monoisotopic (exact) mass is 499 g/mol. The van der Waals surface area contributed by atoms with Gasteiger partial charge in [-0.3, -0.25) is 9.69 Å². The lowest BCUT2D eigenvalue weighted by Gasteiger charge is -2.21. The molecule has 3 nitrogen and oxygen atoms in total. The van der Waals surface area contributed by atoms with Crippen LogP contribution < -0.4 is 9.64 Å². The summed E-state index contributed by atoms with van der Waals surface area (Å²) in [4.78, 5) is 13.0. The van der Waals surface area contributed by atoms with Crippen molar-refractivity contribution in [3.8, 4) is 5.75 Å². The number of amides is 1. The summed E-state index contributed by atoms with van der Waals surface area (Å²) in [6.45, 7) is 0.299. The largest absolute Gasteiger partial charge is 0.489 e. The molecule has 0 fully saturated rings. The lowest BCUT2D eigenvalue weighted by atomic mass is 10.1. The second-order valence-electron chi connectivity index (χ2n) is 7.06. The number of carbonyl (C=O) groups excluding carboxylic acids is 1. The van der Waals surface area contributed by atoms with E-state index in [-0.39, 0.29) is 5.69 Å². The molecule has 0 spiro atoms. The van der Waals surface area contributed by atoms with Crippen LogP contribution in [0.2, 0.25) is 0 Å². The first kappa shape index (κ1) is 21.9. The van der Waals surface area contributed by atoms with Gasteiger partial charge >= 0.3 is 6.18 Å². The van der Waals surface area contributed by atoms with E-state index in [9.17, 15) is 18.0 Å². The van der Waals surface area contributed by atoms with E-state index in [1.54, 1.807) is 18.2 Å². The predicted molar refractivity (Wildman–Crippen MR) is 122 cm³/mol. The van der Waals surface area contributed by atoms with Crippen molar-refractivity contribution in [2.45, 2.75) is 12.8 Å². The van der Waals surface area contributed by atoms with Gasteiger partial charge < -0.3 is 4.74 Å². The average Bonchev–Trinajstić information content (AvgIpc) is 2.79. The standard InChI is InChI=1S/C25H17BrF3NO2/c26-23-12-11-21(32-15-18-7-3-6-17-5-1-2-10-22(17)18)14-24(23)30(16-31)20-9-4-8-19(13-20)25(27,28)29/h1-14,16H,15H2. The van der Waals surface area contributed by atoms with Gasteiger partial charge in [0.1, 0.15) is 12.4 Å². The van der Waals surface area contributed by atoms with Crippen LogP contribution in [0.15, 0.2) is 89.4 Å². The van der Waals surface area contributed by atoms with Crippen molar-refractivity contribution in [3.63, 3.8) is 0 Å². The first-order valence-electron chi connectivity index (χ1n) is 9.67. The number of benzene rings is 4. The molecule has 0 aliphatic rings. The van der Waals surface area contributed by atoms with Gasteiger partial charge in [-0.2, -0.15) is 13.2 Å². The number of hydrogen-bond donors (Lipinski definition) is 0. The Labute approximate surface area is 191 Å². The maximum Gasteiger partial charge on any atom is 0.416 e. The van der Waals surface area contributed by atoms with E-state index in [0.29, 0.717) is 28.9 Å². The SMILES string of the molecule is O=CN(c1cccc(C(F)(F)F)c1)c1cc(OCc2cccc3ccccc23)ccc1Br. The Bertz CT molecular complexity index is 1270. The van der Waals surface area contributed by atoms with Crippen molar-refractivity contribution in [1.82, 2.24) is 0 Å². The minimum absolute atomic E-state index is 0.0988. The van der Waals surface area contributed by atoms with Gasteiger partial charge in [-0.15, -0.1) is 0 Å². The molecule has 1 amide bonds. The molecule has 0 aliphatic heterocycles. The van der Waals surface area contributed by atoms with Gasteiger partial charge in [0.05, 0.1) is 11.3 Å². The van der Waals surface area contributed by atoms with Gasteiger partial charge in [-0.1, -0.05) is 48.5 Å². The van der Waals surface area contributed by atoms with Gasteiger partial charge in [0, 0.05) is 16.2 Å². The van der Waals surface area contributed by atoms with Crippen LogP contribution in [0.5, 0.6) is 5.75 Å². The van der Waals surface area contributed by atoms with E-state index in [1.807, 2.05) is 42.5 Å². The summed E-state index contributed by atoms with van der Waals surface area (Å²) >= 11 is 3.38. The number of carbonyl (C=O) groups is 1. The molecule has 4 rings (SSSR count). The number of fused-ring (bicyclic) bond motifs is 1. The van der Waals surface area contributed by atoms with Crippen LogP contribution in [0.4, 0.5) is 24.5 Å². The summed E-state index contributed by atoms with van der Waals surface area (Å²) in [7, 11) is 0. The number of nitrogens with zero attached hydrogens (tertiary/aromatic N) is 1. The fraction of sp³-hybridized carbons (Fsp3) is 0.0800. The fourth-order valence-electron chi connectivity index (χ4n) is 3.44. The molecule has 0 radical (unpaired) electrons. The highest BCUT2D eigenvalue weighted by atomic mass is 79.9. The molecule has 162 valence electrons. The van der Waals surface area contributed by atoms with Crippen LogP contribution >= 0.6 is 15.9 Å². The van der Waals surface area contributed by atoms with Crippen LogP contribution in [0.25, 0.3) is 10.8 Å². The lowest BCUT2D eigenvalue weighted by molar-refractivity contribution is -0.137. The summed E-state index contributed by atoms with van der Waals surface area (Å²) in [5, 5.41) is 2.17. The van der Waals surface area contributed by atoms with Crippen LogP contribution in [0, 0.1) is 0 Å². The molecule has 0 unspecified atom stereocenters. The molecule has 0 bridgehead atoms. The highest BCUT2D eigenvalue weighted by Crippen LogP contribution is 2.37. The summed E-state index contributed by atoms with van der Waals surface area (Å²) in [5.74, 6) is 0.481. The minimum Gasteiger partial charge on any atom is -0.489 e. The Balaban J connectivity index is 1.63. The van der Waals surface area contributed by atoms with E-state index < -0.39 is 11.7 Å².